The van der Waals surface area contributed by atoms with Gasteiger partial charge >= 0.3 is 0 Å². The van der Waals surface area contributed by atoms with Gasteiger partial charge in [-0.1, -0.05) is 29.5 Å². The molecule has 4 heteroatoms. The normalized spacial score (nSPS) is 14.5. The van der Waals surface area contributed by atoms with Crippen molar-refractivity contribution in [1.82, 2.24) is 0 Å². The third-order valence-electron chi connectivity index (χ3n) is 5.01. The Bertz CT molecular complexity index is 1030. The zero-order valence-electron chi connectivity index (χ0n) is 16.3. The number of benzene rings is 2. The Balaban J connectivity index is 0.00000210. The van der Waals surface area contributed by atoms with Gasteiger partial charge in [-0.3, -0.25) is 0 Å². The van der Waals surface area contributed by atoms with Crippen LogP contribution in [0, 0.1) is 13.8 Å². The van der Waals surface area contributed by atoms with E-state index in [-0.39, 0.29) is 24.0 Å². The summed E-state index contributed by atoms with van der Waals surface area (Å²) in [5, 5.41) is 2.61. The topological polar surface area (TPSA) is 7.12 Å². The van der Waals surface area contributed by atoms with Crippen LogP contribution >= 0.6 is 11.8 Å². The minimum absolute atomic E-state index is 0. The largest absolute Gasteiger partial charge is 1.00 e. The number of aromatic nitrogens is 1. The fourth-order valence-corrected chi connectivity index (χ4v) is 4.98. The van der Waals surface area contributed by atoms with Gasteiger partial charge in [-0.15, -0.1) is 0 Å². The number of fused-ring (bicyclic) bond motifs is 2. The van der Waals surface area contributed by atoms with Gasteiger partial charge in [0, 0.05) is 35.0 Å². The van der Waals surface area contributed by atoms with Gasteiger partial charge in [0.2, 0.25) is 11.2 Å². The average molecular weight is 488 g/mol. The number of pyridine rings is 1. The van der Waals surface area contributed by atoms with Gasteiger partial charge in [-0.2, -0.15) is 4.57 Å². The molecule has 1 aromatic heterocycles. The first-order valence-corrected chi connectivity index (χ1v) is 10.1. The summed E-state index contributed by atoms with van der Waals surface area (Å²) < 4.78 is 2.41. The molecule has 2 heterocycles. The zero-order chi connectivity index (χ0) is 18.3. The number of aryl methyl sites for hydroxylation is 3. The molecule has 2 aromatic carbocycles. The van der Waals surface area contributed by atoms with E-state index < -0.39 is 0 Å². The monoisotopic (exact) mass is 488 g/mol. The molecule has 4 rings (SSSR count). The Morgan fingerprint density at radius 2 is 1.70 bits per heavy atom. The third-order valence-corrected chi connectivity index (χ3v) is 6.10. The van der Waals surface area contributed by atoms with Crippen LogP contribution in [0.5, 0.6) is 0 Å². The lowest BCUT2D eigenvalue weighted by molar-refractivity contribution is -0.669. The van der Waals surface area contributed by atoms with E-state index in [2.05, 4.69) is 91.8 Å². The molecule has 0 bridgehead atoms. The van der Waals surface area contributed by atoms with E-state index in [0.29, 0.717) is 0 Å². The molecule has 0 fully saturated rings. The molecule has 1 aliphatic heterocycles. The van der Waals surface area contributed by atoms with Crippen LogP contribution in [0.1, 0.15) is 30.7 Å². The van der Waals surface area contributed by atoms with Crippen LogP contribution < -0.4 is 33.4 Å². The molecule has 0 atom stereocenters. The van der Waals surface area contributed by atoms with Crippen LogP contribution in [0.15, 0.2) is 58.5 Å². The van der Waals surface area contributed by atoms with Crippen molar-refractivity contribution >= 4 is 34.4 Å². The maximum absolute atomic E-state index is 2.42. The summed E-state index contributed by atoms with van der Waals surface area (Å²) in [6, 6.07) is 17.9. The molecule has 0 saturated carbocycles. The highest BCUT2D eigenvalue weighted by Gasteiger charge is 2.25. The molecule has 1 aliphatic rings. The van der Waals surface area contributed by atoms with Gasteiger partial charge < -0.3 is 28.9 Å². The molecule has 0 amide bonds. The summed E-state index contributed by atoms with van der Waals surface area (Å²) in [5.41, 5.74) is 6.51. The van der Waals surface area contributed by atoms with E-state index in [1.165, 1.54) is 43.3 Å². The van der Waals surface area contributed by atoms with E-state index in [4.69, 9.17) is 0 Å². The van der Waals surface area contributed by atoms with E-state index in [1.807, 2.05) is 11.8 Å². The molecule has 27 heavy (non-hydrogen) atoms. The first-order valence-electron chi connectivity index (χ1n) is 9.31. The first-order chi connectivity index (χ1) is 12.6. The van der Waals surface area contributed by atoms with Crippen molar-refractivity contribution in [3.8, 4) is 0 Å². The third kappa shape index (κ3) is 3.74. The molecule has 0 radical (unpaired) electrons. The van der Waals surface area contributed by atoms with E-state index in [9.17, 15) is 0 Å². The summed E-state index contributed by atoms with van der Waals surface area (Å²) >= 11 is 1.88. The molecule has 0 aliphatic carbocycles. The Hall–Kier alpha value is -1.53. The van der Waals surface area contributed by atoms with Crippen LogP contribution in [-0.2, 0) is 6.54 Å². The first kappa shape index (κ1) is 20.2. The van der Waals surface area contributed by atoms with E-state index in [1.54, 1.807) is 0 Å². The smallest absolute Gasteiger partial charge is 0.212 e. The van der Waals surface area contributed by atoms with Crippen LogP contribution in [0.25, 0.3) is 17.0 Å². The van der Waals surface area contributed by atoms with Gasteiger partial charge in [-0.25, -0.2) is 0 Å². The van der Waals surface area contributed by atoms with Crippen molar-refractivity contribution in [2.24, 2.45) is 0 Å². The number of hydrogen-bond acceptors (Lipinski definition) is 2. The summed E-state index contributed by atoms with van der Waals surface area (Å²) in [7, 11) is 0. The van der Waals surface area contributed by atoms with Crippen LogP contribution in [-0.4, -0.2) is 6.54 Å². The molecule has 0 N–H and O–H groups in total. The van der Waals surface area contributed by atoms with E-state index in [0.717, 1.165) is 13.1 Å². The van der Waals surface area contributed by atoms with Crippen LogP contribution in [0.2, 0.25) is 0 Å². The van der Waals surface area contributed by atoms with Gasteiger partial charge in [0.15, 0.2) is 0 Å². The Labute approximate surface area is 183 Å². The van der Waals surface area contributed by atoms with Gasteiger partial charge in [-0.05, 0) is 57.5 Å². The minimum Gasteiger partial charge on any atom is -1.00 e. The van der Waals surface area contributed by atoms with E-state index >= 15 is 0 Å². The van der Waals surface area contributed by atoms with Gasteiger partial charge in [0.05, 0.1) is 10.7 Å². The molecule has 0 spiro atoms. The van der Waals surface area contributed by atoms with Crippen molar-refractivity contribution in [2.75, 3.05) is 11.4 Å². The van der Waals surface area contributed by atoms with Crippen molar-refractivity contribution in [3.63, 3.8) is 0 Å². The Morgan fingerprint density at radius 1 is 0.963 bits per heavy atom. The predicted octanol–water partition coefficient (Wildman–Crippen LogP) is 2.70. The number of nitrogens with zero attached hydrogens (tertiary/aromatic N) is 2. The molecule has 2 nitrogen and oxygen atoms in total. The van der Waals surface area contributed by atoms with Crippen molar-refractivity contribution in [1.29, 1.82) is 0 Å². The average Bonchev–Trinajstić information content (AvgIpc) is 2.97. The molecule has 0 unspecified atom stereocenters. The zero-order valence-corrected chi connectivity index (χ0v) is 19.3. The van der Waals surface area contributed by atoms with Gasteiger partial charge in [0.25, 0.3) is 0 Å². The van der Waals surface area contributed by atoms with Gasteiger partial charge in [0.1, 0.15) is 6.54 Å². The lowest BCUT2D eigenvalue weighted by atomic mass is 10.1. The van der Waals surface area contributed by atoms with Crippen LogP contribution in [0.3, 0.4) is 0 Å². The summed E-state index contributed by atoms with van der Waals surface area (Å²) in [5.74, 6) is 0. The van der Waals surface area contributed by atoms with Crippen molar-refractivity contribution < 1.29 is 28.5 Å². The minimum atomic E-state index is 0. The highest BCUT2D eigenvalue weighted by atomic mass is 127. The maximum Gasteiger partial charge on any atom is 0.212 e. The molecular weight excluding hydrogens is 463 g/mol. The molecular formula is C23H25IN2S. The number of hydrogen-bond donors (Lipinski definition) is 0. The van der Waals surface area contributed by atoms with Crippen molar-refractivity contribution in [2.45, 2.75) is 39.1 Å². The quantitative estimate of drug-likeness (QED) is 0.414. The second-order valence-corrected chi connectivity index (χ2v) is 7.93. The summed E-state index contributed by atoms with van der Waals surface area (Å²) in [6.07, 6.45) is 2.34. The SMILES string of the molecule is CCN1/C(=C/c2ccc3cc(C)ccc3[n+]2CC)Sc2cc(C)ccc21.[I-]. The summed E-state index contributed by atoms with van der Waals surface area (Å²) in [4.78, 5) is 3.77. The second kappa shape index (κ2) is 8.23. The number of rotatable bonds is 3. The molecule has 3 aromatic rings. The Morgan fingerprint density at radius 3 is 2.44 bits per heavy atom. The standard InChI is InChI=1S/C23H25N2S.HI/c1-5-24-19(10-9-18-13-16(3)7-11-20(18)24)15-23-25(6-2)21-12-8-17(4)14-22(21)26-23;/h7-15H,5-6H2,1-4H3;1H/q+1;/p-1. The fraction of sp³-hybridized carbons (Fsp3) is 0.261. The highest BCUT2D eigenvalue weighted by molar-refractivity contribution is 8.03. The van der Waals surface area contributed by atoms with Crippen LogP contribution in [0.4, 0.5) is 5.69 Å². The summed E-state index contributed by atoms with van der Waals surface area (Å²) in [6.45, 7) is 10.7. The number of thioether (sulfide) groups is 1. The Kier molecular flexibility index (Phi) is 6.16. The number of anilines is 1. The predicted molar refractivity (Wildman–Crippen MR) is 113 cm³/mol. The number of halogens is 1. The molecule has 0 saturated heterocycles. The lowest BCUT2D eigenvalue weighted by Crippen LogP contribution is -3.00. The maximum atomic E-state index is 2.42. The molecule has 140 valence electrons. The van der Waals surface area contributed by atoms with Crippen molar-refractivity contribution in [3.05, 3.63) is 70.4 Å². The fourth-order valence-electron chi connectivity index (χ4n) is 3.71. The second-order valence-electron chi connectivity index (χ2n) is 6.86. The lowest BCUT2D eigenvalue weighted by Gasteiger charge is -2.17. The highest BCUT2D eigenvalue weighted by Crippen LogP contribution is 2.46.